The summed E-state index contributed by atoms with van der Waals surface area (Å²) in [5.41, 5.74) is 2.04. The van der Waals surface area contributed by atoms with Crippen LogP contribution in [-0.2, 0) is 0 Å². The maximum Gasteiger partial charge on any atom is 0.258 e. The molecule has 2 aliphatic rings. The number of fused-ring (bicyclic) bond motifs is 1. The van der Waals surface area contributed by atoms with E-state index >= 15 is 0 Å². The van der Waals surface area contributed by atoms with Gasteiger partial charge in [0.05, 0.1) is 10.6 Å². The smallest absolute Gasteiger partial charge is 0.258 e. The van der Waals surface area contributed by atoms with E-state index in [1.54, 1.807) is 17.0 Å². The molecular weight excluding hydrogens is 316 g/mol. The molecule has 1 aliphatic carbocycles. The monoisotopic (exact) mass is 330 g/mol. The molecule has 0 radical (unpaired) electrons. The molecule has 1 aliphatic heterocycles. The lowest BCUT2D eigenvalue weighted by Gasteiger charge is -2.38. The molecule has 118 valence electrons. The van der Waals surface area contributed by atoms with Crippen molar-refractivity contribution in [2.45, 2.75) is 25.0 Å². The maximum absolute atomic E-state index is 12.9. The number of carbonyl (C=O) groups excluding carboxylic acids is 1. The summed E-state index contributed by atoms with van der Waals surface area (Å²) in [6.07, 6.45) is 1.50. The van der Waals surface area contributed by atoms with Crippen LogP contribution >= 0.6 is 11.6 Å². The molecule has 6 heteroatoms. The largest absolute Gasteiger partial charge is 0.504 e. The highest BCUT2D eigenvalue weighted by Gasteiger charge is 2.42. The molecule has 5 nitrogen and oxygen atoms in total. The minimum atomic E-state index is -0.422. The topological polar surface area (TPSA) is 72.8 Å². The molecule has 1 amide bonds. The zero-order valence-corrected chi connectivity index (χ0v) is 12.9. The Labute approximate surface area is 138 Å². The molecule has 4 rings (SSSR count). The van der Waals surface area contributed by atoms with Crippen LogP contribution in [0.4, 0.5) is 5.69 Å². The van der Waals surface area contributed by atoms with Gasteiger partial charge in [-0.3, -0.25) is 4.79 Å². The average molecular weight is 331 g/mol. The fraction of sp³-hybridized carbons (Fsp3) is 0.235. The molecule has 1 fully saturated rings. The Morgan fingerprint density at radius 1 is 1.17 bits per heavy atom. The lowest BCUT2D eigenvalue weighted by atomic mass is 10.0. The molecule has 23 heavy (non-hydrogen) atoms. The van der Waals surface area contributed by atoms with E-state index in [0.717, 1.165) is 18.5 Å². The second-order valence-electron chi connectivity index (χ2n) is 5.91. The van der Waals surface area contributed by atoms with E-state index in [1.165, 1.54) is 6.07 Å². The molecule has 0 bridgehead atoms. The van der Waals surface area contributed by atoms with Crippen molar-refractivity contribution in [1.82, 2.24) is 4.90 Å². The lowest BCUT2D eigenvalue weighted by molar-refractivity contribution is 0.0666. The Bertz CT molecular complexity index is 781. The van der Waals surface area contributed by atoms with Crippen molar-refractivity contribution in [3.8, 4) is 11.5 Å². The number of nitrogens with one attached hydrogen (secondary N) is 1. The molecule has 3 N–H and O–H groups in total. The molecule has 1 atom stereocenters. The first-order valence-corrected chi connectivity index (χ1v) is 7.83. The van der Waals surface area contributed by atoms with E-state index in [4.69, 9.17) is 11.6 Å². The zero-order valence-electron chi connectivity index (χ0n) is 12.2. The van der Waals surface area contributed by atoms with Gasteiger partial charge in [-0.15, -0.1) is 0 Å². The molecule has 2 aromatic carbocycles. The standard InChI is InChI=1S/C17H15ClN2O3/c18-12-7-9(8-14(21)15(12)22)16-19-13-4-2-1-3-11(13)17(23)20(16)10-5-6-10/h1-4,7-8,10,16,19,21-22H,5-6H2/t16-/m1/s1. The third-order valence-electron chi connectivity index (χ3n) is 4.28. The quantitative estimate of drug-likeness (QED) is 0.737. The maximum atomic E-state index is 12.9. The molecule has 0 unspecified atom stereocenters. The second-order valence-corrected chi connectivity index (χ2v) is 6.31. The number of hydrogen-bond donors (Lipinski definition) is 3. The number of aromatic hydroxyl groups is 2. The number of amides is 1. The van der Waals surface area contributed by atoms with Gasteiger partial charge in [0.2, 0.25) is 0 Å². The number of benzene rings is 2. The summed E-state index contributed by atoms with van der Waals surface area (Å²) < 4.78 is 0. The van der Waals surface area contributed by atoms with Gasteiger partial charge in [-0.1, -0.05) is 23.7 Å². The van der Waals surface area contributed by atoms with Crippen LogP contribution in [0.3, 0.4) is 0 Å². The highest BCUT2D eigenvalue weighted by molar-refractivity contribution is 6.32. The lowest BCUT2D eigenvalue weighted by Crippen LogP contribution is -2.44. The van der Waals surface area contributed by atoms with Crippen molar-refractivity contribution < 1.29 is 15.0 Å². The first kappa shape index (κ1) is 14.2. The fourth-order valence-corrected chi connectivity index (χ4v) is 3.23. The van der Waals surface area contributed by atoms with Crippen molar-refractivity contribution in [3.63, 3.8) is 0 Å². The highest BCUT2D eigenvalue weighted by atomic mass is 35.5. The van der Waals surface area contributed by atoms with Crippen molar-refractivity contribution >= 4 is 23.2 Å². The summed E-state index contributed by atoms with van der Waals surface area (Å²) in [5, 5.41) is 22.9. The predicted molar refractivity (Wildman–Crippen MR) is 86.8 cm³/mol. The zero-order chi connectivity index (χ0) is 16.1. The Morgan fingerprint density at radius 2 is 1.91 bits per heavy atom. The summed E-state index contributed by atoms with van der Waals surface area (Å²) >= 11 is 5.98. The summed E-state index contributed by atoms with van der Waals surface area (Å²) in [7, 11) is 0. The number of rotatable bonds is 2. The van der Waals surface area contributed by atoms with Gasteiger partial charge in [0.15, 0.2) is 11.5 Å². The van der Waals surface area contributed by atoms with Crippen molar-refractivity contribution in [2.75, 3.05) is 5.32 Å². The number of carbonyl (C=O) groups is 1. The van der Waals surface area contributed by atoms with Gasteiger partial charge in [0.25, 0.3) is 5.91 Å². The first-order valence-electron chi connectivity index (χ1n) is 7.46. The molecule has 1 saturated carbocycles. The molecular formula is C17H15ClN2O3. The van der Waals surface area contributed by atoms with Crippen LogP contribution in [0.1, 0.15) is 34.9 Å². The van der Waals surface area contributed by atoms with Gasteiger partial charge in [0, 0.05) is 17.3 Å². The van der Waals surface area contributed by atoms with E-state index < -0.39 is 6.17 Å². The van der Waals surface area contributed by atoms with Crippen LogP contribution in [0, 0.1) is 0 Å². The summed E-state index contributed by atoms with van der Waals surface area (Å²) in [6.45, 7) is 0. The summed E-state index contributed by atoms with van der Waals surface area (Å²) in [4.78, 5) is 14.7. The van der Waals surface area contributed by atoms with Crippen LogP contribution in [0.2, 0.25) is 5.02 Å². The van der Waals surface area contributed by atoms with Gasteiger partial charge in [-0.05, 0) is 37.1 Å². The third kappa shape index (κ3) is 2.28. The number of phenolic OH excluding ortho intramolecular Hbond substituents is 2. The van der Waals surface area contributed by atoms with Crippen LogP contribution in [0.5, 0.6) is 11.5 Å². The van der Waals surface area contributed by atoms with E-state index in [0.29, 0.717) is 11.1 Å². The molecule has 2 aromatic rings. The summed E-state index contributed by atoms with van der Waals surface area (Å²) in [5.74, 6) is -0.678. The van der Waals surface area contributed by atoms with E-state index in [-0.39, 0.29) is 28.5 Å². The number of para-hydroxylation sites is 1. The predicted octanol–water partition coefficient (Wildman–Crippen LogP) is 3.48. The van der Waals surface area contributed by atoms with Crippen LogP contribution < -0.4 is 5.32 Å². The average Bonchev–Trinajstić information content (AvgIpc) is 3.36. The molecule has 0 saturated heterocycles. The van der Waals surface area contributed by atoms with Crippen molar-refractivity contribution in [1.29, 1.82) is 0 Å². The van der Waals surface area contributed by atoms with Gasteiger partial charge in [-0.25, -0.2) is 0 Å². The minimum absolute atomic E-state index is 0.0319. The number of halogens is 1. The van der Waals surface area contributed by atoms with Gasteiger partial charge < -0.3 is 20.4 Å². The van der Waals surface area contributed by atoms with Gasteiger partial charge in [-0.2, -0.15) is 0 Å². The van der Waals surface area contributed by atoms with E-state index in [9.17, 15) is 15.0 Å². The number of anilines is 1. The fourth-order valence-electron chi connectivity index (χ4n) is 3.00. The Morgan fingerprint density at radius 3 is 2.61 bits per heavy atom. The third-order valence-corrected chi connectivity index (χ3v) is 4.57. The van der Waals surface area contributed by atoms with Gasteiger partial charge in [0.1, 0.15) is 6.17 Å². The number of phenols is 2. The number of nitrogens with zero attached hydrogens (tertiary/aromatic N) is 1. The molecule has 0 spiro atoms. The first-order chi connectivity index (χ1) is 11.1. The Balaban J connectivity index is 1.82. The second kappa shape index (κ2) is 5.06. The van der Waals surface area contributed by atoms with E-state index in [1.807, 2.05) is 18.2 Å². The van der Waals surface area contributed by atoms with Crippen molar-refractivity contribution in [2.24, 2.45) is 0 Å². The summed E-state index contributed by atoms with van der Waals surface area (Å²) in [6, 6.07) is 10.6. The van der Waals surface area contributed by atoms with Crippen molar-refractivity contribution in [3.05, 3.63) is 52.5 Å². The normalized spacial score (nSPS) is 20.1. The van der Waals surface area contributed by atoms with Crippen LogP contribution in [0.25, 0.3) is 0 Å². The van der Waals surface area contributed by atoms with Crippen LogP contribution in [-0.4, -0.2) is 27.1 Å². The Hall–Kier alpha value is -2.40. The van der Waals surface area contributed by atoms with Gasteiger partial charge >= 0.3 is 0 Å². The molecule has 1 heterocycles. The minimum Gasteiger partial charge on any atom is -0.504 e. The SMILES string of the molecule is O=C1c2ccccc2N[C@@H](c2cc(O)c(O)c(Cl)c2)N1C1CC1. The molecule has 0 aromatic heterocycles. The van der Waals surface area contributed by atoms with Crippen LogP contribution in [0.15, 0.2) is 36.4 Å². The number of hydrogen-bond acceptors (Lipinski definition) is 4. The highest BCUT2D eigenvalue weighted by Crippen LogP contribution is 2.43. The van der Waals surface area contributed by atoms with E-state index in [2.05, 4.69) is 5.32 Å². The Kier molecular flexibility index (Phi) is 3.13.